The van der Waals surface area contributed by atoms with Crippen LogP contribution in [0.25, 0.3) is 0 Å². The van der Waals surface area contributed by atoms with Crippen LogP contribution in [0.2, 0.25) is 0 Å². The fraction of sp³-hybridized carbons (Fsp3) is 0.250. The van der Waals surface area contributed by atoms with E-state index in [2.05, 4.69) is 5.32 Å². The number of carbonyl (C=O) groups excluding carboxylic acids is 2. The minimum Gasteiger partial charge on any atom is -0.352 e. The molecule has 0 fully saturated rings. The number of halogens is 1. The van der Waals surface area contributed by atoms with Gasteiger partial charge in [0.25, 0.3) is 5.91 Å². The summed E-state index contributed by atoms with van der Waals surface area (Å²) in [5.74, 6) is -0.460. The molecule has 0 aliphatic heterocycles. The van der Waals surface area contributed by atoms with E-state index in [0.29, 0.717) is 35.4 Å². The van der Waals surface area contributed by atoms with Crippen LogP contribution in [-0.2, 0) is 6.42 Å². The predicted molar refractivity (Wildman–Crippen MR) is 81.4 cm³/mol. The zero-order valence-electron chi connectivity index (χ0n) is 11.7. The maximum Gasteiger partial charge on any atom is 0.252 e. The summed E-state index contributed by atoms with van der Waals surface area (Å²) in [6.45, 7) is 1.94. The zero-order chi connectivity index (χ0) is 15.2. The number of ketones is 1. The van der Waals surface area contributed by atoms with Crippen LogP contribution in [0.1, 0.15) is 38.9 Å². The second-order valence-electron chi connectivity index (χ2n) is 4.71. The Balaban J connectivity index is 1.79. The van der Waals surface area contributed by atoms with Crippen molar-refractivity contribution < 1.29 is 14.0 Å². The molecule has 1 heterocycles. The summed E-state index contributed by atoms with van der Waals surface area (Å²) < 4.78 is 13.4. The van der Waals surface area contributed by atoms with Gasteiger partial charge in [-0.15, -0.1) is 11.3 Å². The van der Waals surface area contributed by atoms with Gasteiger partial charge < -0.3 is 5.32 Å². The van der Waals surface area contributed by atoms with Crippen LogP contribution in [0.15, 0.2) is 35.7 Å². The van der Waals surface area contributed by atoms with Gasteiger partial charge in [-0.05, 0) is 37.5 Å². The molecule has 0 atom stereocenters. The second kappa shape index (κ2) is 7.13. The topological polar surface area (TPSA) is 46.2 Å². The van der Waals surface area contributed by atoms with Crippen molar-refractivity contribution in [2.45, 2.75) is 19.8 Å². The van der Waals surface area contributed by atoms with E-state index in [1.165, 1.54) is 24.3 Å². The Labute approximate surface area is 126 Å². The fourth-order valence-electron chi connectivity index (χ4n) is 1.92. The maximum atomic E-state index is 13.4. The van der Waals surface area contributed by atoms with Crippen LogP contribution >= 0.6 is 11.3 Å². The van der Waals surface area contributed by atoms with E-state index in [4.69, 9.17) is 0 Å². The molecule has 110 valence electrons. The summed E-state index contributed by atoms with van der Waals surface area (Å²) in [5.41, 5.74) is 1.15. The Hall–Kier alpha value is -2.01. The quantitative estimate of drug-likeness (QED) is 0.656. The molecule has 0 spiro atoms. The van der Waals surface area contributed by atoms with E-state index in [0.717, 1.165) is 0 Å². The predicted octanol–water partition coefficient (Wildman–Crippen LogP) is 3.45. The van der Waals surface area contributed by atoms with Crippen molar-refractivity contribution in [1.82, 2.24) is 5.32 Å². The molecule has 5 heteroatoms. The molecule has 0 aliphatic rings. The molecule has 21 heavy (non-hydrogen) atoms. The Kier molecular flexibility index (Phi) is 5.22. The molecule has 3 nitrogen and oxygen atoms in total. The van der Waals surface area contributed by atoms with E-state index in [1.807, 2.05) is 0 Å². The Morgan fingerprint density at radius 2 is 2.05 bits per heavy atom. The first-order chi connectivity index (χ1) is 10.1. The Bertz CT molecular complexity index is 651. The molecule has 1 aromatic carbocycles. The number of hydrogen-bond acceptors (Lipinski definition) is 3. The Morgan fingerprint density at radius 3 is 2.71 bits per heavy atom. The van der Waals surface area contributed by atoms with Crippen LogP contribution in [0.5, 0.6) is 0 Å². The lowest BCUT2D eigenvalue weighted by molar-refractivity contribution is 0.0953. The monoisotopic (exact) mass is 305 g/mol. The van der Waals surface area contributed by atoms with Gasteiger partial charge >= 0.3 is 0 Å². The summed E-state index contributed by atoms with van der Waals surface area (Å²) in [7, 11) is 0. The summed E-state index contributed by atoms with van der Waals surface area (Å²) in [6.07, 6.45) is 1.24. The Morgan fingerprint density at radius 1 is 1.29 bits per heavy atom. The summed E-state index contributed by atoms with van der Waals surface area (Å²) in [5, 5.41) is 4.44. The molecule has 0 radical (unpaired) electrons. The number of carbonyl (C=O) groups is 2. The normalized spacial score (nSPS) is 10.4. The molecular formula is C16H16FNO2S. The summed E-state index contributed by atoms with van der Waals surface area (Å²) >= 11 is 1.26. The van der Waals surface area contributed by atoms with Gasteiger partial charge in [-0.1, -0.05) is 18.2 Å². The van der Waals surface area contributed by atoms with Gasteiger partial charge in [0.15, 0.2) is 5.78 Å². The first-order valence-electron chi connectivity index (χ1n) is 6.69. The molecule has 2 aromatic rings. The minimum absolute atomic E-state index is 0.0430. The molecule has 2 rings (SSSR count). The smallest absolute Gasteiger partial charge is 0.252 e. The van der Waals surface area contributed by atoms with E-state index in [9.17, 15) is 14.0 Å². The molecule has 0 aliphatic carbocycles. The van der Waals surface area contributed by atoms with Crippen molar-refractivity contribution in [3.63, 3.8) is 0 Å². The van der Waals surface area contributed by atoms with Crippen molar-refractivity contribution in [2.24, 2.45) is 0 Å². The van der Waals surface area contributed by atoms with Gasteiger partial charge in [-0.3, -0.25) is 9.59 Å². The van der Waals surface area contributed by atoms with Crippen LogP contribution in [0, 0.1) is 5.82 Å². The average Bonchev–Trinajstić information content (AvgIpc) is 2.95. The lowest BCUT2D eigenvalue weighted by Gasteiger charge is -2.05. The third-order valence-corrected chi connectivity index (χ3v) is 4.11. The molecule has 0 saturated heterocycles. The van der Waals surface area contributed by atoms with Crippen LogP contribution in [-0.4, -0.2) is 18.2 Å². The van der Waals surface area contributed by atoms with Crippen molar-refractivity contribution in [2.75, 3.05) is 6.54 Å². The molecule has 1 N–H and O–H groups in total. The number of nitrogens with one attached hydrogen (secondary N) is 1. The van der Waals surface area contributed by atoms with Crippen molar-refractivity contribution in [3.8, 4) is 0 Å². The van der Waals surface area contributed by atoms with E-state index in [-0.39, 0.29) is 17.5 Å². The number of aryl methyl sites for hydroxylation is 1. The summed E-state index contributed by atoms with van der Waals surface area (Å²) in [4.78, 5) is 23.6. The van der Waals surface area contributed by atoms with E-state index >= 15 is 0 Å². The third-order valence-electron chi connectivity index (χ3n) is 3.07. The molecule has 1 amide bonds. The average molecular weight is 305 g/mol. The molecule has 0 unspecified atom stereocenters. The van der Waals surface area contributed by atoms with Crippen LogP contribution < -0.4 is 5.32 Å². The lowest BCUT2D eigenvalue weighted by atomic mass is 10.1. The maximum absolute atomic E-state index is 13.4. The minimum atomic E-state index is -0.215. The number of benzene rings is 1. The molecule has 1 aromatic heterocycles. The third kappa shape index (κ3) is 4.23. The zero-order valence-corrected chi connectivity index (χ0v) is 12.5. The first-order valence-corrected chi connectivity index (χ1v) is 7.57. The highest BCUT2D eigenvalue weighted by molar-refractivity contribution is 7.12. The van der Waals surface area contributed by atoms with Crippen molar-refractivity contribution >= 4 is 23.0 Å². The number of hydrogen-bond donors (Lipinski definition) is 1. The van der Waals surface area contributed by atoms with Crippen molar-refractivity contribution in [3.05, 3.63) is 57.5 Å². The molecule has 0 bridgehead atoms. The molecule has 0 saturated carbocycles. The van der Waals surface area contributed by atoms with Crippen LogP contribution in [0.3, 0.4) is 0 Å². The number of rotatable bonds is 6. The SMILES string of the molecule is CC(=O)c1cc(C(=O)NCCCc2ccccc2F)cs1. The van der Waals surface area contributed by atoms with Crippen molar-refractivity contribution in [1.29, 1.82) is 0 Å². The van der Waals surface area contributed by atoms with E-state index < -0.39 is 0 Å². The summed E-state index contributed by atoms with van der Waals surface area (Å²) in [6, 6.07) is 8.23. The highest BCUT2D eigenvalue weighted by atomic mass is 32.1. The lowest BCUT2D eigenvalue weighted by Crippen LogP contribution is -2.24. The highest BCUT2D eigenvalue weighted by Gasteiger charge is 2.10. The second-order valence-corrected chi connectivity index (χ2v) is 5.62. The molecular weight excluding hydrogens is 289 g/mol. The first kappa shape index (κ1) is 15.4. The van der Waals surface area contributed by atoms with Gasteiger partial charge in [0.05, 0.1) is 10.4 Å². The van der Waals surface area contributed by atoms with Gasteiger partial charge in [0.2, 0.25) is 0 Å². The van der Waals surface area contributed by atoms with Gasteiger partial charge in [0.1, 0.15) is 5.82 Å². The number of Topliss-reactive ketones (excluding diaryl/α,β-unsaturated/α-hetero) is 1. The standard InChI is InChI=1S/C16H16FNO2S/c1-11(19)15-9-13(10-21-15)16(20)18-8-4-6-12-5-2-3-7-14(12)17/h2-3,5,7,9-10H,4,6,8H2,1H3,(H,18,20). The van der Waals surface area contributed by atoms with Gasteiger partial charge in [-0.2, -0.15) is 0 Å². The largest absolute Gasteiger partial charge is 0.352 e. The number of thiophene rings is 1. The van der Waals surface area contributed by atoms with E-state index in [1.54, 1.807) is 29.6 Å². The van der Waals surface area contributed by atoms with Crippen LogP contribution in [0.4, 0.5) is 4.39 Å². The number of amides is 1. The van der Waals surface area contributed by atoms with Gasteiger partial charge in [-0.25, -0.2) is 4.39 Å². The van der Waals surface area contributed by atoms with Gasteiger partial charge in [0, 0.05) is 11.9 Å². The fourth-order valence-corrected chi connectivity index (χ4v) is 2.71. The highest BCUT2D eigenvalue weighted by Crippen LogP contribution is 2.15.